The van der Waals surface area contributed by atoms with E-state index in [0.29, 0.717) is 37.4 Å². The van der Waals surface area contributed by atoms with Gasteiger partial charge in [-0.3, -0.25) is 4.79 Å². The summed E-state index contributed by atoms with van der Waals surface area (Å²) in [7, 11) is 0. The number of esters is 1. The van der Waals surface area contributed by atoms with Crippen LogP contribution in [-0.4, -0.2) is 48.4 Å². The number of hydrogen-bond donors (Lipinski definition) is 3. The second kappa shape index (κ2) is 9.88. The summed E-state index contributed by atoms with van der Waals surface area (Å²) in [5.41, 5.74) is 0.186. The molecule has 0 saturated carbocycles. The van der Waals surface area contributed by atoms with Gasteiger partial charge in [-0.1, -0.05) is 6.07 Å². The highest BCUT2D eigenvalue weighted by Crippen LogP contribution is 2.44. The van der Waals surface area contributed by atoms with Crippen molar-refractivity contribution in [2.75, 3.05) is 25.1 Å². The molecule has 1 amide bonds. The number of aliphatic hydroxyl groups is 1. The molecular weight excluding hydrogens is 460 g/mol. The summed E-state index contributed by atoms with van der Waals surface area (Å²) in [6.07, 6.45) is -0.712. The van der Waals surface area contributed by atoms with Crippen LogP contribution in [0.25, 0.3) is 10.1 Å². The zero-order valence-corrected chi connectivity index (χ0v) is 19.6. The first-order valence-electron chi connectivity index (χ1n) is 9.29. The lowest BCUT2D eigenvalue weighted by Gasteiger charge is -2.23. The summed E-state index contributed by atoms with van der Waals surface area (Å²) in [4.78, 5) is 24.1. The van der Waals surface area contributed by atoms with Crippen LogP contribution in [-0.2, 0) is 9.53 Å². The number of β-amino-alcohol motifs (C(OH)–C–C–N with tert-alkyl or cyclic N) is 1. The van der Waals surface area contributed by atoms with Crippen molar-refractivity contribution in [3.05, 3.63) is 22.2 Å². The molecule has 0 aliphatic rings. The highest BCUT2D eigenvalue weighted by Gasteiger charge is 2.24. The predicted molar refractivity (Wildman–Crippen MR) is 119 cm³/mol. The molecular formula is C20H27BrN2O5S. The maximum Gasteiger partial charge on any atom is 0.341 e. The van der Waals surface area contributed by atoms with Crippen molar-refractivity contribution < 1.29 is 24.2 Å². The fraction of sp³-hybridized carbons (Fsp3) is 0.500. The number of carbonyl (C=O) groups is 2. The number of hydrogen-bond acceptors (Lipinski definition) is 7. The number of rotatable bonds is 8. The average molecular weight is 487 g/mol. The van der Waals surface area contributed by atoms with Crippen molar-refractivity contribution in [3.8, 4) is 5.75 Å². The van der Waals surface area contributed by atoms with Gasteiger partial charge in [0.05, 0.1) is 15.8 Å². The Hall–Kier alpha value is -1.68. The normalized spacial score (nSPS) is 12.7. The molecule has 0 saturated heterocycles. The zero-order valence-electron chi connectivity index (χ0n) is 17.2. The summed E-state index contributed by atoms with van der Waals surface area (Å²) in [5.74, 6) is -0.290. The Morgan fingerprint density at radius 2 is 2.00 bits per heavy atom. The fourth-order valence-corrected chi connectivity index (χ4v) is 4.37. The lowest BCUT2D eigenvalue weighted by atomic mass is 10.1. The minimum atomic E-state index is -0.712. The second-order valence-electron chi connectivity index (χ2n) is 7.56. The fourth-order valence-electron chi connectivity index (χ4n) is 2.56. The van der Waals surface area contributed by atoms with Crippen LogP contribution in [0.2, 0.25) is 0 Å². The molecule has 2 aromatic rings. The van der Waals surface area contributed by atoms with Crippen molar-refractivity contribution in [2.24, 2.45) is 0 Å². The van der Waals surface area contributed by atoms with Gasteiger partial charge in [-0.05, 0) is 49.7 Å². The molecule has 2 rings (SSSR count). The monoisotopic (exact) mass is 486 g/mol. The van der Waals surface area contributed by atoms with E-state index in [4.69, 9.17) is 9.47 Å². The molecule has 1 heterocycles. The van der Waals surface area contributed by atoms with Gasteiger partial charge in [0, 0.05) is 24.4 Å². The number of nitrogens with one attached hydrogen (secondary N) is 2. The molecule has 0 bridgehead atoms. The van der Waals surface area contributed by atoms with Crippen LogP contribution in [0.1, 0.15) is 45.0 Å². The average Bonchev–Trinajstić information content (AvgIpc) is 2.96. The first kappa shape index (κ1) is 23.6. The van der Waals surface area contributed by atoms with Gasteiger partial charge < -0.3 is 25.2 Å². The summed E-state index contributed by atoms with van der Waals surface area (Å²) in [6, 6.07) is 3.54. The van der Waals surface area contributed by atoms with Crippen LogP contribution in [0.5, 0.6) is 5.75 Å². The Bertz CT molecular complexity index is 891. The van der Waals surface area contributed by atoms with E-state index in [-0.39, 0.29) is 24.7 Å². The minimum absolute atomic E-state index is 0.0723. The van der Waals surface area contributed by atoms with E-state index in [1.807, 2.05) is 20.8 Å². The van der Waals surface area contributed by atoms with Gasteiger partial charge in [-0.2, -0.15) is 0 Å². The number of benzene rings is 1. The van der Waals surface area contributed by atoms with Crippen molar-refractivity contribution in [3.63, 3.8) is 0 Å². The molecule has 1 aromatic carbocycles. The van der Waals surface area contributed by atoms with Gasteiger partial charge in [0.25, 0.3) is 0 Å². The molecule has 0 radical (unpaired) electrons. The number of thiophene rings is 1. The highest BCUT2D eigenvalue weighted by atomic mass is 79.9. The predicted octanol–water partition coefficient (Wildman–Crippen LogP) is 3.93. The van der Waals surface area contributed by atoms with E-state index in [1.54, 1.807) is 19.1 Å². The van der Waals surface area contributed by atoms with E-state index in [2.05, 4.69) is 26.6 Å². The first-order chi connectivity index (χ1) is 13.5. The summed E-state index contributed by atoms with van der Waals surface area (Å²) < 4.78 is 12.4. The van der Waals surface area contributed by atoms with Crippen molar-refractivity contribution in [2.45, 2.75) is 46.3 Å². The molecule has 29 heavy (non-hydrogen) atoms. The number of amides is 1. The smallest absolute Gasteiger partial charge is 0.341 e. The Morgan fingerprint density at radius 3 is 2.59 bits per heavy atom. The summed E-state index contributed by atoms with van der Waals surface area (Å²) in [6.45, 7) is 9.84. The van der Waals surface area contributed by atoms with Gasteiger partial charge in [-0.15, -0.1) is 11.3 Å². The van der Waals surface area contributed by atoms with Crippen LogP contribution >= 0.6 is 27.3 Å². The molecule has 0 spiro atoms. The van der Waals surface area contributed by atoms with Crippen LogP contribution in [0.3, 0.4) is 0 Å². The van der Waals surface area contributed by atoms with E-state index < -0.39 is 12.1 Å². The van der Waals surface area contributed by atoms with Gasteiger partial charge in [0.2, 0.25) is 5.91 Å². The Morgan fingerprint density at radius 1 is 1.31 bits per heavy atom. The topological polar surface area (TPSA) is 96.9 Å². The maximum atomic E-state index is 12.5. The molecule has 0 aliphatic heterocycles. The number of aliphatic hydroxyl groups excluding tert-OH is 1. The lowest BCUT2D eigenvalue weighted by Crippen LogP contribution is -2.42. The number of fused-ring (bicyclic) bond motifs is 1. The molecule has 9 heteroatoms. The van der Waals surface area contributed by atoms with E-state index in [0.717, 1.165) is 0 Å². The van der Waals surface area contributed by atoms with Crippen molar-refractivity contribution >= 4 is 54.2 Å². The molecule has 160 valence electrons. The Balaban J connectivity index is 2.36. The third-order valence-corrected chi connectivity index (χ3v) is 5.57. The molecule has 1 atom stereocenters. The minimum Gasteiger partial charge on any atom is -0.488 e. The molecule has 3 N–H and O–H groups in total. The largest absolute Gasteiger partial charge is 0.488 e. The quantitative estimate of drug-likeness (QED) is 0.489. The SMILES string of the molecule is CCOC(=O)c1c(NC(C)=O)sc2c(OC[C@@H](O)CNC(C)(C)C)c(Br)ccc12. The molecule has 7 nitrogen and oxygen atoms in total. The second-order valence-corrected chi connectivity index (χ2v) is 9.43. The summed E-state index contributed by atoms with van der Waals surface area (Å²) >= 11 is 4.70. The van der Waals surface area contributed by atoms with Gasteiger partial charge in [0.1, 0.15) is 23.3 Å². The zero-order chi connectivity index (χ0) is 21.8. The van der Waals surface area contributed by atoms with Crippen LogP contribution in [0, 0.1) is 0 Å². The third-order valence-electron chi connectivity index (χ3n) is 3.82. The van der Waals surface area contributed by atoms with E-state index in [9.17, 15) is 14.7 Å². The molecule has 1 aromatic heterocycles. The van der Waals surface area contributed by atoms with Gasteiger partial charge in [0.15, 0.2) is 5.75 Å². The van der Waals surface area contributed by atoms with Crippen molar-refractivity contribution in [1.29, 1.82) is 0 Å². The molecule has 0 unspecified atom stereocenters. The van der Waals surface area contributed by atoms with Crippen LogP contribution in [0.15, 0.2) is 16.6 Å². The van der Waals surface area contributed by atoms with Crippen LogP contribution < -0.4 is 15.4 Å². The Labute approximate surface area is 182 Å². The lowest BCUT2D eigenvalue weighted by molar-refractivity contribution is -0.114. The van der Waals surface area contributed by atoms with Gasteiger partial charge >= 0.3 is 5.97 Å². The number of carbonyl (C=O) groups excluding carboxylic acids is 2. The van der Waals surface area contributed by atoms with E-state index >= 15 is 0 Å². The van der Waals surface area contributed by atoms with E-state index in [1.165, 1.54) is 18.3 Å². The van der Waals surface area contributed by atoms with Crippen LogP contribution in [0.4, 0.5) is 5.00 Å². The first-order valence-corrected chi connectivity index (χ1v) is 10.9. The highest BCUT2D eigenvalue weighted by molar-refractivity contribution is 9.10. The van der Waals surface area contributed by atoms with Gasteiger partial charge in [-0.25, -0.2) is 4.79 Å². The third kappa shape index (κ3) is 6.40. The molecule has 0 aliphatic carbocycles. The standard InChI is InChI=1S/C20H27BrN2O5S/c1-6-27-19(26)15-13-7-8-14(21)16(17(13)29-18(15)23-11(2)24)28-10-12(25)9-22-20(3,4)5/h7-8,12,22,25H,6,9-10H2,1-5H3,(H,23,24)/t12-/m0/s1. The molecule has 0 fully saturated rings. The Kier molecular flexibility index (Phi) is 8.04. The van der Waals surface area contributed by atoms with Crippen molar-refractivity contribution in [1.82, 2.24) is 5.32 Å². The number of anilines is 1. The summed E-state index contributed by atoms with van der Waals surface area (Å²) in [5, 5.41) is 17.2. The number of halogens is 1. The number of ether oxygens (including phenoxy) is 2. The maximum absolute atomic E-state index is 12.5.